The summed E-state index contributed by atoms with van der Waals surface area (Å²) in [6.45, 7) is 6.57. The Kier molecular flexibility index (Phi) is 8.32. The minimum atomic E-state index is -0.962. The van der Waals surface area contributed by atoms with Crippen molar-refractivity contribution in [3.05, 3.63) is 29.8 Å². The molecule has 0 unspecified atom stereocenters. The summed E-state index contributed by atoms with van der Waals surface area (Å²) in [7, 11) is 0. The maximum Gasteiger partial charge on any atom is 0.313 e. The van der Waals surface area contributed by atoms with Crippen LogP contribution in [0.15, 0.2) is 24.3 Å². The zero-order valence-electron chi connectivity index (χ0n) is 14.2. The largest absolute Gasteiger partial charge is 0.481 e. The maximum atomic E-state index is 12.8. The van der Waals surface area contributed by atoms with Crippen molar-refractivity contribution in [2.24, 2.45) is 0 Å². The van der Waals surface area contributed by atoms with Crippen LogP contribution in [-0.4, -0.2) is 51.9 Å². The molecule has 1 aromatic rings. The first-order valence-electron chi connectivity index (χ1n) is 7.86. The minimum Gasteiger partial charge on any atom is -0.481 e. The standard InChI is InChI=1S/C17H24N2O4S/c1-4-9-19(12(2)3)17(23)13-7-5-6-8-14(13)18-15(20)10-24-11-16(21)22/h5-8,12H,4,9-11H2,1-3H3,(H,18,20)(H,21,22). The van der Waals surface area contributed by atoms with E-state index in [2.05, 4.69) is 5.32 Å². The van der Waals surface area contributed by atoms with Crippen LogP contribution in [0, 0.1) is 0 Å². The average molecular weight is 352 g/mol. The van der Waals surface area contributed by atoms with Crippen molar-refractivity contribution >= 4 is 35.2 Å². The summed E-state index contributed by atoms with van der Waals surface area (Å²) in [4.78, 5) is 37.0. The van der Waals surface area contributed by atoms with Crippen molar-refractivity contribution in [2.75, 3.05) is 23.4 Å². The van der Waals surface area contributed by atoms with Gasteiger partial charge in [0.15, 0.2) is 0 Å². The highest BCUT2D eigenvalue weighted by Gasteiger charge is 2.21. The van der Waals surface area contributed by atoms with Crippen LogP contribution in [0.25, 0.3) is 0 Å². The van der Waals surface area contributed by atoms with Crippen LogP contribution in [0.1, 0.15) is 37.6 Å². The normalized spacial score (nSPS) is 10.5. The van der Waals surface area contributed by atoms with Gasteiger partial charge >= 0.3 is 5.97 Å². The van der Waals surface area contributed by atoms with E-state index in [1.165, 1.54) is 0 Å². The van der Waals surface area contributed by atoms with Crippen molar-refractivity contribution in [2.45, 2.75) is 33.2 Å². The van der Waals surface area contributed by atoms with Gasteiger partial charge in [-0.3, -0.25) is 14.4 Å². The number of thioether (sulfide) groups is 1. The van der Waals surface area contributed by atoms with Crippen LogP contribution < -0.4 is 5.32 Å². The number of rotatable bonds is 9. The number of aliphatic carboxylic acids is 1. The Labute approximate surface area is 146 Å². The fourth-order valence-corrected chi connectivity index (χ4v) is 2.72. The number of nitrogens with zero attached hydrogens (tertiary/aromatic N) is 1. The molecule has 0 saturated carbocycles. The SMILES string of the molecule is CCCN(C(=O)c1ccccc1NC(=O)CSCC(=O)O)C(C)C. The Morgan fingerprint density at radius 1 is 1.21 bits per heavy atom. The number of carboxylic acids is 1. The molecule has 24 heavy (non-hydrogen) atoms. The number of para-hydroxylation sites is 1. The van der Waals surface area contributed by atoms with Crippen LogP contribution in [0.4, 0.5) is 5.69 Å². The van der Waals surface area contributed by atoms with E-state index in [9.17, 15) is 14.4 Å². The van der Waals surface area contributed by atoms with E-state index in [-0.39, 0.29) is 29.4 Å². The first-order chi connectivity index (χ1) is 11.4. The third-order valence-corrected chi connectivity index (χ3v) is 4.16. The number of carboxylic acid groups (broad SMARTS) is 1. The third kappa shape index (κ3) is 6.23. The number of hydrogen-bond acceptors (Lipinski definition) is 4. The van der Waals surface area contributed by atoms with Gasteiger partial charge in [-0.25, -0.2) is 0 Å². The maximum absolute atomic E-state index is 12.8. The van der Waals surface area contributed by atoms with Crippen LogP contribution in [0.5, 0.6) is 0 Å². The van der Waals surface area contributed by atoms with Crippen molar-refractivity contribution in [3.63, 3.8) is 0 Å². The lowest BCUT2D eigenvalue weighted by atomic mass is 10.1. The second-order valence-corrected chi connectivity index (χ2v) is 6.56. The number of carbonyl (C=O) groups excluding carboxylic acids is 2. The molecule has 0 atom stereocenters. The first kappa shape index (κ1) is 20.0. The average Bonchev–Trinajstić information content (AvgIpc) is 2.51. The predicted octanol–water partition coefficient (Wildman–Crippen LogP) is 2.70. The van der Waals surface area contributed by atoms with Gasteiger partial charge in [0.05, 0.1) is 22.8 Å². The van der Waals surface area contributed by atoms with Gasteiger partial charge in [-0.1, -0.05) is 19.1 Å². The number of amides is 2. The van der Waals surface area contributed by atoms with Crippen molar-refractivity contribution in [1.29, 1.82) is 0 Å². The predicted molar refractivity (Wildman–Crippen MR) is 96.5 cm³/mol. The molecule has 0 aliphatic carbocycles. The molecule has 132 valence electrons. The highest BCUT2D eigenvalue weighted by atomic mass is 32.2. The summed E-state index contributed by atoms with van der Waals surface area (Å²) in [5.74, 6) is -1.52. The van der Waals surface area contributed by atoms with E-state index in [0.717, 1.165) is 18.2 Å². The quantitative estimate of drug-likeness (QED) is 0.713. The molecule has 0 aliphatic rings. The number of nitrogens with one attached hydrogen (secondary N) is 1. The van der Waals surface area contributed by atoms with Gasteiger partial charge in [0.1, 0.15) is 0 Å². The molecule has 0 bridgehead atoms. The third-order valence-electron chi connectivity index (χ3n) is 3.24. The zero-order chi connectivity index (χ0) is 18.1. The second kappa shape index (κ2) is 9.97. The smallest absolute Gasteiger partial charge is 0.313 e. The van der Waals surface area contributed by atoms with Gasteiger partial charge in [-0.2, -0.15) is 0 Å². The lowest BCUT2D eigenvalue weighted by Crippen LogP contribution is -2.38. The number of anilines is 1. The van der Waals surface area contributed by atoms with Gasteiger partial charge in [0, 0.05) is 12.6 Å². The number of hydrogen-bond donors (Lipinski definition) is 2. The number of carbonyl (C=O) groups is 3. The lowest BCUT2D eigenvalue weighted by molar-refractivity contribution is -0.133. The van der Waals surface area contributed by atoms with Gasteiger partial charge < -0.3 is 15.3 Å². The Morgan fingerprint density at radius 2 is 1.88 bits per heavy atom. The van der Waals surface area contributed by atoms with E-state index >= 15 is 0 Å². The molecule has 0 radical (unpaired) electrons. The van der Waals surface area contributed by atoms with Gasteiger partial charge in [-0.05, 0) is 32.4 Å². The monoisotopic (exact) mass is 352 g/mol. The summed E-state index contributed by atoms with van der Waals surface area (Å²) >= 11 is 1.02. The molecule has 2 N–H and O–H groups in total. The molecule has 0 aliphatic heterocycles. The molecule has 6 nitrogen and oxygen atoms in total. The minimum absolute atomic E-state index is 0.0255. The van der Waals surface area contributed by atoms with Crippen LogP contribution in [0.3, 0.4) is 0 Å². The first-order valence-corrected chi connectivity index (χ1v) is 9.01. The molecule has 0 spiro atoms. The summed E-state index contributed by atoms with van der Waals surface area (Å²) in [5, 5.41) is 11.3. The topological polar surface area (TPSA) is 86.7 Å². The second-order valence-electron chi connectivity index (χ2n) is 5.57. The highest BCUT2D eigenvalue weighted by molar-refractivity contribution is 8.00. The van der Waals surface area contributed by atoms with E-state index in [1.54, 1.807) is 29.2 Å². The summed E-state index contributed by atoms with van der Waals surface area (Å²) in [6, 6.07) is 6.93. The van der Waals surface area contributed by atoms with E-state index in [1.807, 2.05) is 20.8 Å². The molecule has 0 fully saturated rings. The van der Waals surface area contributed by atoms with Crippen LogP contribution >= 0.6 is 11.8 Å². The van der Waals surface area contributed by atoms with E-state index < -0.39 is 5.97 Å². The highest BCUT2D eigenvalue weighted by Crippen LogP contribution is 2.19. The van der Waals surface area contributed by atoms with Crippen LogP contribution in [0.2, 0.25) is 0 Å². The Bertz CT molecular complexity index is 590. The molecular weight excluding hydrogens is 328 g/mol. The molecular formula is C17H24N2O4S. The van der Waals surface area contributed by atoms with Crippen LogP contribution in [-0.2, 0) is 9.59 Å². The van der Waals surface area contributed by atoms with E-state index in [4.69, 9.17) is 5.11 Å². The molecule has 0 saturated heterocycles. The van der Waals surface area contributed by atoms with Gasteiger partial charge in [0.25, 0.3) is 5.91 Å². The zero-order valence-corrected chi connectivity index (χ0v) is 15.1. The summed E-state index contributed by atoms with van der Waals surface area (Å²) in [6.07, 6.45) is 0.851. The van der Waals surface area contributed by atoms with E-state index in [0.29, 0.717) is 17.8 Å². The van der Waals surface area contributed by atoms with Crippen molar-refractivity contribution in [1.82, 2.24) is 4.90 Å². The lowest BCUT2D eigenvalue weighted by Gasteiger charge is -2.27. The molecule has 0 aromatic heterocycles. The van der Waals surface area contributed by atoms with Gasteiger partial charge in [-0.15, -0.1) is 11.8 Å². The molecule has 2 amide bonds. The Balaban J connectivity index is 2.85. The molecule has 7 heteroatoms. The fraction of sp³-hybridized carbons (Fsp3) is 0.471. The van der Waals surface area contributed by atoms with Gasteiger partial charge in [0.2, 0.25) is 5.91 Å². The summed E-state index contributed by atoms with van der Waals surface area (Å²) in [5.41, 5.74) is 0.890. The molecule has 1 aromatic carbocycles. The van der Waals surface area contributed by atoms with Crippen molar-refractivity contribution < 1.29 is 19.5 Å². The molecule has 1 rings (SSSR count). The Hall–Kier alpha value is -2.02. The summed E-state index contributed by atoms with van der Waals surface area (Å²) < 4.78 is 0. The van der Waals surface area contributed by atoms with Crippen molar-refractivity contribution in [3.8, 4) is 0 Å². The number of benzene rings is 1. The Morgan fingerprint density at radius 3 is 2.46 bits per heavy atom. The molecule has 0 heterocycles. The fourth-order valence-electron chi connectivity index (χ4n) is 2.19.